The van der Waals surface area contributed by atoms with Crippen molar-refractivity contribution >= 4 is 23.7 Å². The van der Waals surface area contributed by atoms with E-state index in [-0.39, 0.29) is 16.8 Å². The Labute approximate surface area is 127 Å². The molecule has 0 bridgehead atoms. The molecular formula is C14H19N3O5. The maximum Gasteiger partial charge on any atom is 0.335 e. The Bertz CT molecular complexity index is 527. The van der Waals surface area contributed by atoms with Gasteiger partial charge in [-0.1, -0.05) is 6.42 Å². The summed E-state index contributed by atoms with van der Waals surface area (Å²) in [5.74, 6) is -2.54. The number of carboxylic acids is 2. The summed E-state index contributed by atoms with van der Waals surface area (Å²) >= 11 is 0. The highest BCUT2D eigenvalue weighted by atomic mass is 16.4. The minimum absolute atomic E-state index is 0.108. The highest BCUT2D eigenvalue weighted by molar-refractivity contribution is 5.98. The van der Waals surface area contributed by atoms with Crippen molar-refractivity contribution in [1.29, 1.82) is 0 Å². The van der Waals surface area contributed by atoms with Gasteiger partial charge in [-0.15, -0.1) is 0 Å². The predicted molar refractivity (Wildman–Crippen MR) is 80.3 cm³/mol. The maximum atomic E-state index is 11.7. The van der Waals surface area contributed by atoms with Crippen LogP contribution < -0.4 is 16.4 Å². The molecule has 6 N–H and O–H groups in total. The zero-order chi connectivity index (χ0) is 16.5. The van der Waals surface area contributed by atoms with Gasteiger partial charge in [0.2, 0.25) is 0 Å². The molecule has 22 heavy (non-hydrogen) atoms. The van der Waals surface area contributed by atoms with Gasteiger partial charge >= 0.3 is 18.0 Å². The molecule has 0 aliphatic heterocycles. The Morgan fingerprint density at radius 3 is 2.05 bits per heavy atom. The molecule has 0 saturated carbocycles. The number of rotatable bonds is 8. The average Bonchev–Trinajstić information content (AvgIpc) is 2.46. The summed E-state index contributed by atoms with van der Waals surface area (Å²) in [6.45, 7) is 1.06. The third-order valence-electron chi connectivity index (χ3n) is 2.85. The Morgan fingerprint density at radius 1 is 0.955 bits per heavy atom. The van der Waals surface area contributed by atoms with Gasteiger partial charge in [0.05, 0.1) is 11.1 Å². The molecule has 0 unspecified atom stereocenters. The lowest BCUT2D eigenvalue weighted by atomic mass is 10.1. The van der Waals surface area contributed by atoms with Gasteiger partial charge in [-0.05, 0) is 37.6 Å². The number of anilines is 1. The molecule has 120 valence electrons. The zero-order valence-corrected chi connectivity index (χ0v) is 12.0. The number of unbranched alkanes of at least 4 members (excludes halogenated alkanes) is 2. The summed E-state index contributed by atoms with van der Waals surface area (Å²) in [5, 5.41) is 22.9. The van der Waals surface area contributed by atoms with Gasteiger partial charge in [0.25, 0.3) is 0 Å². The Hall–Kier alpha value is -2.61. The summed E-state index contributed by atoms with van der Waals surface area (Å²) < 4.78 is 0. The summed E-state index contributed by atoms with van der Waals surface area (Å²) in [6, 6.07) is 2.90. The van der Waals surface area contributed by atoms with Crippen molar-refractivity contribution in [1.82, 2.24) is 5.32 Å². The van der Waals surface area contributed by atoms with E-state index in [1.165, 1.54) is 12.1 Å². The molecule has 8 nitrogen and oxygen atoms in total. The average molecular weight is 309 g/mol. The lowest BCUT2D eigenvalue weighted by Crippen LogP contribution is -2.29. The van der Waals surface area contributed by atoms with Gasteiger partial charge in [0, 0.05) is 12.2 Å². The maximum absolute atomic E-state index is 11.7. The first-order chi connectivity index (χ1) is 10.4. The van der Waals surface area contributed by atoms with Crippen LogP contribution in [0.5, 0.6) is 0 Å². The third-order valence-corrected chi connectivity index (χ3v) is 2.85. The van der Waals surface area contributed by atoms with Crippen molar-refractivity contribution in [2.45, 2.75) is 19.3 Å². The summed E-state index contributed by atoms with van der Waals surface area (Å²) in [4.78, 5) is 33.6. The highest BCUT2D eigenvalue weighted by Crippen LogP contribution is 2.15. The second-order valence-corrected chi connectivity index (χ2v) is 4.64. The van der Waals surface area contributed by atoms with Crippen LogP contribution in [0.3, 0.4) is 0 Å². The van der Waals surface area contributed by atoms with E-state index in [4.69, 9.17) is 15.9 Å². The van der Waals surface area contributed by atoms with Crippen LogP contribution in [0.2, 0.25) is 0 Å². The summed E-state index contributed by atoms with van der Waals surface area (Å²) in [5.41, 5.74) is 5.04. The number of nitrogens with two attached hydrogens (primary N) is 1. The van der Waals surface area contributed by atoms with Crippen molar-refractivity contribution in [3.05, 3.63) is 29.3 Å². The molecule has 1 aromatic carbocycles. The lowest BCUT2D eigenvalue weighted by Gasteiger charge is -2.09. The fourth-order valence-electron chi connectivity index (χ4n) is 1.77. The molecule has 0 radical (unpaired) electrons. The molecule has 0 aliphatic carbocycles. The van der Waals surface area contributed by atoms with Gasteiger partial charge in [-0.2, -0.15) is 0 Å². The molecule has 0 atom stereocenters. The second-order valence-electron chi connectivity index (χ2n) is 4.64. The van der Waals surface area contributed by atoms with Crippen LogP contribution in [-0.2, 0) is 0 Å². The van der Waals surface area contributed by atoms with E-state index >= 15 is 0 Å². The van der Waals surface area contributed by atoms with Crippen molar-refractivity contribution in [2.75, 3.05) is 18.4 Å². The Kier molecular flexibility index (Phi) is 6.84. The topological polar surface area (TPSA) is 142 Å². The van der Waals surface area contributed by atoms with E-state index in [0.29, 0.717) is 13.1 Å². The number of carboxylic acid groups (broad SMARTS) is 2. The number of nitrogens with one attached hydrogen (secondary N) is 2. The molecule has 8 heteroatoms. The predicted octanol–water partition coefficient (Wildman–Crippen LogP) is 1.33. The van der Waals surface area contributed by atoms with Crippen LogP contribution in [0, 0.1) is 0 Å². The van der Waals surface area contributed by atoms with E-state index in [9.17, 15) is 14.4 Å². The van der Waals surface area contributed by atoms with Crippen LogP contribution in [-0.4, -0.2) is 41.3 Å². The zero-order valence-electron chi connectivity index (χ0n) is 12.0. The number of hydrogen-bond acceptors (Lipinski definition) is 4. The first-order valence-electron chi connectivity index (χ1n) is 6.80. The van der Waals surface area contributed by atoms with E-state index in [1.54, 1.807) is 0 Å². The fraction of sp³-hybridized carbons (Fsp3) is 0.357. The number of carbonyl (C=O) groups is 3. The Morgan fingerprint density at radius 2 is 1.55 bits per heavy atom. The highest BCUT2D eigenvalue weighted by Gasteiger charge is 2.12. The second kappa shape index (κ2) is 8.63. The van der Waals surface area contributed by atoms with Crippen molar-refractivity contribution < 1.29 is 24.6 Å². The normalized spacial score (nSPS) is 10.0. The summed E-state index contributed by atoms with van der Waals surface area (Å²) in [6.07, 6.45) is 2.56. The SMILES string of the molecule is NCCCCCNC(=O)Nc1cc(C(=O)O)cc(C(=O)O)c1. The Balaban J connectivity index is 2.65. The van der Waals surface area contributed by atoms with Gasteiger partial charge < -0.3 is 26.6 Å². The third kappa shape index (κ3) is 5.80. The van der Waals surface area contributed by atoms with Crippen LogP contribution in [0.15, 0.2) is 18.2 Å². The smallest absolute Gasteiger partial charge is 0.335 e. The standard InChI is InChI=1S/C14H19N3O5/c15-4-2-1-3-5-16-14(22)17-11-7-9(12(18)19)6-10(8-11)13(20)21/h6-8H,1-5,15H2,(H,18,19)(H,20,21)(H2,16,17,22). The van der Waals surface area contributed by atoms with Crippen molar-refractivity contribution in [3.8, 4) is 0 Å². The minimum atomic E-state index is -1.27. The molecular weight excluding hydrogens is 290 g/mol. The minimum Gasteiger partial charge on any atom is -0.478 e. The molecule has 0 heterocycles. The van der Waals surface area contributed by atoms with Gasteiger partial charge in [0.1, 0.15) is 0 Å². The van der Waals surface area contributed by atoms with Gasteiger partial charge in [-0.25, -0.2) is 14.4 Å². The molecule has 0 saturated heterocycles. The lowest BCUT2D eigenvalue weighted by molar-refractivity contribution is 0.0696. The van der Waals surface area contributed by atoms with E-state index in [1.807, 2.05) is 0 Å². The largest absolute Gasteiger partial charge is 0.478 e. The van der Waals surface area contributed by atoms with Gasteiger partial charge in [-0.3, -0.25) is 0 Å². The van der Waals surface area contributed by atoms with E-state index in [0.717, 1.165) is 25.3 Å². The number of amides is 2. The molecule has 2 amide bonds. The molecule has 1 aromatic rings. The number of carbonyl (C=O) groups excluding carboxylic acids is 1. The fourth-order valence-corrected chi connectivity index (χ4v) is 1.77. The van der Waals surface area contributed by atoms with E-state index in [2.05, 4.69) is 10.6 Å². The summed E-state index contributed by atoms with van der Waals surface area (Å²) in [7, 11) is 0. The molecule has 0 fully saturated rings. The molecule has 0 spiro atoms. The van der Waals surface area contributed by atoms with Gasteiger partial charge in [0.15, 0.2) is 0 Å². The van der Waals surface area contributed by atoms with Crippen LogP contribution >= 0.6 is 0 Å². The van der Waals surface area contributed by atoms with E-state index < -0.39 is 18.0 Å². The molecule has 0 aliphatic rings. The first kappa shape index (κ1) is 17.4. The number of urea groups is 1. The number of benzene rings is 1. The van der Waals surface area contributed by atoms with Crippen LogP contribution in [0.1, 0.15) is 40.0 Å². The quantitative estimate of drug-likeness (QED) is 0.459. The monoisotopic (exact) mass is 309 g/mol. The molecule has 1 rings (SSSR count). The first-order valence-corrected chi connectivity index (χ1v) is 6.80. The number of hydrogen-bond donors (Lipinski definition) is 5. The van der Waals surface area contributed by atoms with Crippen molar-refractivity contribution in [3.63, 3.8) is 0 Å². The van der Waals surface area contributed by atoms with Crippen LogP contribution in [0.25, 0.3) is 0 Å². The van der Waals surface area contributed by atoms with Crippen LogP contribution in [0.4, 0.5) is 10.5 Å². The molecule has 0 aromatic heterocycles. The van der Waals surface area contributed by atoms with Crippen molar-refractivity contribution in [2.24, 2.45) is 5.73 Å². The number of aromatic carboxylic acids is 2.